The van der Waals surface area contributed by atoms with Crippen LogP contribution in [-0.4, -0.2) is 24.2 Å². The number of pyridine rings is 1. The van der Waals surface area contributed by atoms with Crippen LogP contribution in [0.4, 0.5) is 4.79 Å². The molecule has 2 aromatic rings. The van der Waals surface area contributed by atoms with Crippen LogP contribution < -0.4 is 15.4 Å². The highest BCUT2D eigenvalue weighted by atomic mass is 16.5. The van der Waals surface area contributed by atoms with Gasteiger partial charge in [0.1, 0.15) is 12.4 Å². The summed E-state index contributed by atoms with van der Waals surface area (Å²) in [4.78, 5) is 15.9. The van der Waals surface area contributed by atoms with Crippen molar-refractivity contribution < 1.29 is 9.53 Å². The van der Waals surface area contributed by atoms with Crippen LogP contribution in [-0.2, 0) is 6.54 Å². The molecule has 0 fully saturated rings. The fourth-order valence-corrected chi connectivity index (χ4v) is 2.20. The molecule has 0 radical (unpaired) electrons. The summed E-state index contributed by atoms with van der Waals surface area (Å²) in [7, 11) is 0. The van der Waals surface area contributed by atoms with Crippen molar-refractivity contribution in [2.75, 3.05) is 13.2 Å². The second-order valence-electron chi connectivity index (χ2n) is 5.43. The lowest BCUT2D eigenvalue weighted by Gasteiger charge is -2.14. The molecule has 1 aromatic heterocycles. The number of nitrogens with one attached hydrogen (secondary N) is 2. The Hall–Kier alpha value is -2.56. The summed E-state index contributed by atoms with van der Waals surface area (Å²) in [6.45, 7) is 7.41. The molecule has 0 atom stereocenters. The van der Waals surface area contributed by atoms with Crippen molar-refractivity contribution in [2.45, 2.75) is 27.3 Å². The number of ether oxygens (including phenoxy) is 1. The highest BCUT2D eigenvalue weighted by Gasteiger charge is 2.06. The van der Waals surface area contributed by atoms with Crippen molar-refractivity contribution in [3.05, 3.63) is 58.9 Å². The third-order valence-corrected chi connectivity index (χ3v) is 3.66. The Morgan fingerprint density at radius 3 is 2.61 bits per heavy atom. The Labute approximate surface area is 137 Å². The molecule has 0 saturated heterocycles. The van der Waals surface area contributed by atoms with Gasteiger partial charge in [0.05, 0.1) is 18.8 Å². The molecule has 2 amide bonds. The first-order valence-electron chi connectivity index (χ1n) is 7.69. The second-order valence-corrected chi connectivity index (χ2v) is 5.43. The Bertz CT molecular complexity index is 657. The maximum atomic E-state index is 11.7. The normalized spacial score (nSPS) is 10.2. The van der Waals surface area contributed by atoms with Crippen LogP contribution in [0, 0.1) is 20.8 Å². The van der Waals surface area contributed by atoms with Gasteiger partial charge < -0.3 is 15.4 Å². The number of nitrogens with zero attached hydrogens (tertiary/aromatic N) is 1. The first-order valence-corrected chi connectivity index (χ1v) is 7.69. The van der Waals surface area contributed by atoms with Gasteiger partial charge in [0, 0.05) is 6.20 Å². The predicted octanol–water partition coefficient (Wildman–Crippen LogP) is 2.89. The SMILES string of the molecule is Cc1ccc(C)c(OCCNC(=O)NCc2ccccn2)c1C. The highest BCUT2D eigenvalue weighted by Crippen LogP contribution is 2.25. The zero-order valence-corrected chi connectivity index (χ0v) is 13.8. The molecule has 0 aliphatic rings. The minimum atomic E-state index is -0.225. The molecular weight excluding hydrogens is 290 g/mol. The van der Waals surface area contributed by atoms with E-state index in [0.29, 0.717) is 19.7 Å². The van der Waals surface area contributed by atoms with Gasteiger partial charge >= 0.3 is 6.03 Å². The van der Waals surface area contributed by atoms with E-state index in [1.165, 1.54) is 5.56 Å². The summed E-state index contributed by atoms with van der Waals surface area (Å²) in [6.07, 6.45) is 1.70. The number of aromatic nitrogens is 1. The van der Waals surface area contributed by atoms with Gasteiger partial charge in [0.15, 0.2) is 0 Å². The fourth-order valence-electron chi connectivity index (χ4n) is 2.20. The molecule has 2 N–H and O–H groups in total. The van der Waals surface area contributed by atoms with Gasteiger partial charge in [-0.15, -0.1) is 0 Å². The number of aryl methyl sites for hydroxylation is 2. The summed E-state index contributed by atoms with van der Waals surface area (Å²) in [5.41, 5.74) is 4.27. The first kappa shape index (κ1) is 16.8. The summed E-state index contributed by atoms with van der Waals surface area (Å²) < 4.78 is 5.81. The molecule has 0 aliphatic heterocycles. The van der Waals surface area contributed by atoms with Gasteiger partial charge in [-0.25, -0.2) is 4.79 Å². The number of carbonyl (C=O) groups is 1. The molecule has 0 bridgehead atoms. The van der Waals surface area contributed by atoms with Gasteiger partial charge in [0.25, 0.3) is 0 Å². The lowest BCUT2D eigenvalue weighted by atomic mass is 10.1. The van der Waals surface area contributed by atoms with Crippen molar-refractivity contribution in [3.63, 3.8) is 0 Å². The van der Waals surface area contributed by atoms with E-state index in [-0.39, 0.29) is 6.03 Å². The van der Waals surface area contributed by atoms with E-state index in [2.05, 4.69) is 28.6 Å². The van der Waals surface area contributed by atoms with Crippen LogP contribution in [0.25, 0.3) is 0 Å². The van der Waals surface area contributed by atoms with Crippen LogP contribution >= 0.6 is 0 Å². The van der Waals surface area contributed by atoms with Crippen molar-refractivity contribution in [2.24, 2.45) is 0 Å². The van der Waals surface area contributed by atoms with Crippen LogP contribution in [0.1, 0.15) is 22.4 Å². The molecule has 0 saturated carbocycles. The average molecular weight is 313 g/mol. The summed E-state index contributed by atoms with van der Waals surface area (Å²) in [5, 5.41) is 5.54. The van der Waals surface area contributed by atoms with Gasteiger partial charge in [-0.3, -0.25) is 4.98 Å². The van der Waals surface area contributed by atoms with Gasteiger partial charge in [0.2, 0.25) is 0 Å². The van der Waals surface area contributed by atoms with E-state index in [1.54, 1.807) is 6.20 Å². The third-order valence-electron chi connectivity index (χ3n) is 3.66. The number of amides is 2. The van der Waals surface area contributed by atoms with Gasteiger partial charge in [-0.1, -0.05) is 18.2 Å². The number of benzene rings is 1. The monoisotopic (exact) mass is 313 g/mol. The second kappa shape index (κ2) is 8.17. The molecule has 0 unspecified atom stereocenters. The average Bonchev–Trinajstić information content (AvgIpc) is 2.57. The highest BCUT2D eigenvalue weighted by molar-refractivity contribution is 5.73. The Morgan fingerprint density at radius 2 is 1.87 bits per heavy atom. The number of hydrogen-bond donors (Lipinski definition) is 2. The molecule has 23 heavy (non-hydrogen) atoms. The zero-order chi connectivity index (χ0) is 16.7. The maximum Gasteiger partial charge on any atom is 0.315 e. The lowest BCUT2D eigenvalue weighted by molar-refractivity contribution is 0.236. The molecule has 0 aliphatic carbocycles. The lowest BCUT2D eigenvalue weighted by Crippen LogP contribution is -2.37. The maximum absolute atomic E-state index is 11.7. The number of urea groups is 1. The summed E-state index contributed by atoms with van der Waals surface area (Å²) >= 11 is 0. The molecule has 122 valence electrons. The van der Waals surface area contributed by atoms with E-state index in [1.807, 2.05) is 38.1 Å². The van der Waals surface area contributed by atoms with E-state index in [9.17, 15) is 4.79 Å². The van der Waals surface area contributed by atoms with E-state index >= 15 is 0 Å². The standard InChI is InChI=1S/C18H23N3O2/c1-13-7-8-14(2)17(15(13)3)23-11-10-20-18(22)21-12-16-6-4-5-9-19-16/h4-9H,10-12H2,1-3H3,(H2,20,21,22). The van der Waals surface area contributed by atoms with Crippen LogP contribution in [0.3, 0.4) is 0 Å². The summed E-state index contributed by atoms with van der Waals surface area (Å²) in [5.74, 6) is 0.903. The quantitative estimate of drug-likeness (QED) is 0.806. The topological polar surface area (TPSA) is 63.2 Å². The van der Waals surface area contributed by atoms with Crippen LogP contribution in [0.5, 0.6) is 5.75 Å². The van der Waals surface area contributed by atoms with Crippen molar-refractivity contribution in [1.82, 2.24) is 15.6 Å². The zero-order valence-electron chi connectivity index (χ0n) is 13.8. The molecular formula is C18H23N3O2. The van der Waals surface area contributed by atoms with E-state index in [4.69, 9.17) is 4.74 Å². The van der Waals surface area contributed by atoms with Crippen LogP contribution in [0.2, 0.25) is 0 Å². The largest absolute Gasteiger partial charge is 0.491 e. The Balaban J connectivity index is 1.71. The van der Waals surface area contributed by atoms with Gasteiger partial charge in [-0.2, -0.15) is 0 Å². The van der Waals surface area contributed by atoms with E-state index in [0.717, 1.165) is 22.6 Å². The predicted molar refractivity (Wildman–Crippen MR) is 90.6 cm³/mol. The third kappa shape index (κ3) is 4.98. The molecule has 5 nitrogen and oxygen atoms in total. The molecule has 1 aromatic carbocycles. The van der Waals surface area contributed by atoms with Crippen molar-refractivity contribution in [3.8, 4) is 5.75 Å². The van der Waals surface area contributed by atoms with Crippen molar-refractivity contribution in [1.29, 1.82) is 0 Å². The smallest absolute Gasteiger partial charge is 0.315 e. The van der Waals surface area contributed by atoms with Crippen LogP contribution in [0.15, 0.2) is 36.5 Å². The summed E-state index contributed by atoms with van der Waals surface area (Å²) in [6, 6.07) is 9.51. The number of carbonyl (C=O) groups excluding carboxylic acids is 1. The molecule has 2 rings (SSSR count). The van der Waals surface area contributed by atoms with Crippen molar-refractivity contribution >= 4 is 6.03 Å². The molecule has 1 heterocycles. The molecule has 0 spiro atoms. The number of rotatable bonds is 6. The number of hydrogen-bond acceptors (Lipinski definition) is 3. The molecule has 5 heteroatoms. The first-order chi connectivity index (χ1) is 11.1. The fraction of sp³-hybridized carbons (Fsp3) is 0.333. The van der Waals surface area contributed by atoms with E-state index < -0.39 is 0 Å². The minimum absolute atomic E-state index is 0.225. The Kier molecular flexibility index (Phi) is 5.97. The minimum Gasteiger partial charge on any atom is -0.491 e. The van der Waals surface area contributed by atoms with Gasteiger partial charge in [-0.05, 0) is 49.6 Å². The Morgan fingerprint density at radius 1 is 1.09 bits per heavy atom.